The van der Waals surface area contributed by atoms with E-state index in [-0.39, 0.29) is 12.2 Å². The lowest BCUT2D eigenvalue weighted by molar-refractivity contribution is -0.385. The maximum absolute atomic E-state index is 12.2. The highest BCUT2D eigenvalue weighted by atomic mass is 32.2. The van der Waals surface area contributed by atoms with Crippen LogP contribution in [0.25, 0.3) is 0 Å². The Morgan fingerprint density at radius 1 is 1.52 bits per heavy atom. The summed E-state index contributed by atoms with van der Waals surface area (Å²) in [7, 11) is -3.07. The molecule has 0 spiro atoms. The van der Waals surface area contributed by atoms with Crippen molar-refractivity contribution in [3.63, 3.8) is 0 Å². The van der Waals surface area contributed by atoms with E-state index in [4.69, 9.17) is 9.84 Å². The number of nitro benzene ring substituents is 1. The van der Waals surface area contributed by atoms with Crippen LogP contribution in [-0.4, -0.2) is 37.6 Å². The Morgan fingerprint density at radius 2 is 2.14 bits per heavy atom. The van der Waals surface area contributed by atoms with Crippen LogP contribution in [0.4, 0.5) is 5.69 Å². The number of ether oxygens (including phenoxy) is 1. The molecule has 2 N–H and O–H groups in total. The van der Waals surface area contributed by atoms with E-state index in [0.29, 0.717) is 0 Å². The lowest BCUT2D eigenvalue weighted by Crippen LogP contribution is -2.40. The smallest absolute Gasteiger partial charge is 0.321 e. The largest absolute Gasteiger partial charge is 0.495 e. The van der Waals surface area contributed by atoms with Gasteiger partial charge < -0.3 is 9.84 Å². The number of hydrogen-bond donors (Lipinski definition) is 2. The highest BCUT2D eigenvalue weighted by Gasteiger charge is 2.28. The standard InChI is InChI=1S/C11H14N2O7S/c1-3-8(11(14)15)12-21(18,19)10-6-7(13(16)17)4-5-9(10)20-2/h4-6,8,12H,3H2,1-2H3,(H,14,15)/t8-/m0/s1. The summed E-state index contributed by atoms with van der Waals surface area (Å²) in [6.45, 7) is 1.49. The number of benzene rings is 1. The van der Waals surface area contributed by atoms with Gasteiger partial charge in [0.2, 0.25) is 10.0 Å². The topological polar surface area (TPSA) is 136 Å². The van der Waals surface area contributed by atoms with Crippen molar-refractivity contribution in [2.75, 3.05) is 7.11 Å². The van der Waals surface area contributed by atoms with Gasteiger partial charge in [-0.1, -0.05) is 6.92 Å². The van der Waals surface area contributed by atoms with Gasteiger partial charge in [0.1, 0.15) is 16.7 Å². The molecular weight excluding hydrogens is 304 g/mol. The number of carboxylic acid groups (broad SMARTS) is 1. The van der Waals surface area contributed by atoms with Crippen LogP contribution < -0.4 is 9.46 Å². The van der Waals surface area contributed by atoms with Crippen LogP contribution in [0, 0.1) is 10.1 Å². The van der Waals surface area contributed by atoms with Gasteiger partial charge in [0, 0.05) is 12.1 Å². The van der Waals surface area contributed by atoms with Crippen molar-refractivity contribution >= 4 is 21.7 Å². The number of carboxylic acids is 1. The molecule has 1 rings (SSSR count). The van der Waals surface area contributed by atoms with E-state index in [1.807, 2.05) is 4.72 Å². The fourth-order valence-corrected chi connectivity index (χ4v) is 3.01. The molecule has 0 radical (unpaired) electrons. The number of nitrogens with one attached hydrogen (secondary N) is 1. The molecule has 0 saturated carbocycles. The molecule has 0 aromatic heterocycles. The van der Waals surface area contributed by atoms with Crippen LogP contribution >= 0.6 is 0 Å². The molecule has 0 bridgehead atoms. The van der Waals surface area contributed by atoms with Gasteiger partial charge in [-0.15, -0.1) is 0 Å². The normalized spacial score (nSPS) is 12.7. The van der Waals surface area contributed by atoms with E-state index in [1.165, 1.54) is 14.0 Å². The molecule has 0 unspecified atom stereocenters. The SMILES string of the molecule is CC[C@H](NS(=O)(=O)c1cc([N+](=O)[O-])ccc1OC)C(=O)O. The second-order valence-electron chi connectivity index (χ2n) is 4.01. The van der Waals surface area contributed by atoms with Crippen molar-refractivity contribution in [3.8, 4) is 5.75 Å². The Hall–Kier alpha value is -2.20. The molecule has 0 fully saturated rings. The van der Waals surface area contributed by atoms with E-state index >= 15 is 0 Å². The molecule has 1 aromatic rings. The number of hydrogen-bond acceptors (Lipinski definition) is 6. The van der Waals surface area contributed by atoms with Crippen LogP contribution in [0.3, 0.4) is 0 Å². The van der Waals surface area contributed by atoms with Gasteiger partial charge >= 0.3 is 5.97 Å². The molecule has 116 valence electrons. The van der Waals surface area contributed by atoms with Crippen molar-refractivity contribution in [1.29, 1.82) is 0 Å². The molecule has 21 heavy (non-hydrogen) atoms. The Bertz CT molecular complexity index is 657. The predicted molar refractivity (Wildman–Crippen MR) is 71.7 cm³/mol. The number of carbonyl (C=O) groups is 1. The van der Waals surface area contributed by atoms with Gasteiger partial charge in [0.05, 0.1) is 12.0 Å². The molecule has 0 aliphatic heterocycles. The lowest BCUT2D eigenvalue weighted by Gasteiger charge is -2.14. The zero-order valence-electron chi connectivity index (χ0n) is 11.3. The van der Waals surface area contributed by atoms with E-state index in [0.717, 1.165) is 18.2 Å². The van der Waals surface area contributed by atoms with Crippen LogP contribution in [0.1, 0.15) is 13.3 Å². The Labute approximate surface area is 120 Å². The first-order valence-electron chi connectivity index (χ1n) is 5.80. The second-order valence-corrected chi connectivity index (χ2v) is 5.70. The third-order valence-electron chi connectivity index (χ3n) is 2.65. The van der Waals surface area contributed by atoms with Gasteiger partial charge in [-0.25, -0.2) is 8.42 Å². The number of nitrogens with zero attached hydrogens (tertiary/aromatic N) is 1. The second kappa shape index (κ2) is 6.50. The summed E-state index contributed by atoms with van der Waals surface area (Å²) < 4.78 is 31.2. The number of sulfonamides is 1. The van der Waals surface area contributed by atoms with Gasteiger partial charge in [0.15, 0.2) is 0 Å². The number of non-ortho nitro benzene ring substituents is 1. The monoisotopic (exact) mass is 318 g/mol. The number of methoxy groups -OCH3 is 1. The summed E-state index contributed by atoms with van der Waals surface area (Å²) in [5.41, 5.74) is -0.445. The Morgan fingerprint density at radius 3 is 2.57 bits per heavy atom. The molecule has 10 heteroatoms. The number of rotatable bonds is 7. The summed E-state index contributed by atoms with van der Waals surface area (Å²) in [6.07, 6.45) is 0.0196. The molecule has 0 aliphatic carbocycles. The number of nitro groups is 1. The maximum atomic E-state index is 12.2. The minimum absolute atomic E-state index is 0.0196. The van der Waals surface area contributed by atoms with Crippen LogP contribution in [0.5, 0.6) is 5.75 Å². The fourth-order valence-electron chi connectivity index (χ4n) is 1.55. The summed E-state index contributed by atoms with van der Waals surface area (Å²) in [5.74, 6) is -1.46. The molecule has 1 aromatic carbocycles. The summed E-state index contributed by atoms with van der Waals surface area (Å²) in [6, 6.07) is 1.70. The van der Waals surface area contributed by atoms with E-state index in [1.54, 1.807) is 0 Å². The van der Waals surface area contributed by atoms with Crippen molar-refractivity contribution in [2.24, 2.45) is 0 Å². The maximum Gasteiger partial charge on any atom is 0.321 e. The average molecular weight is 318 g/mol. The van der Waals surface area contributed by atoms with Crippen LogP contribution in [0.2, 0.25) is 0 Å². The van der Waals surface area contributed by atoms with Gasteiger partial charge in [-0.2, -0.15) is 4.72 Å². The van der Waals surface area contributed by atoms with E-state index in [9.17, 15) is 23.3 Å². The summed E-state index contributed by atoms with van der Waals surface area (Å²) in [4.78, 5) is 20.4. The first-order chi connectivity index (χ1) is 9.72. The minimum Gasteiger partial charge on any atom is -0.495 e. The highest BCUT2D eigenvalue weighted by molar-refractivity contribution is 7.89. The first kappa shape index (κ1) is 16.9. The van der Waals surface area contributed by atoms with Crippen molar-refractivity contribution in [2.45, 2.75) is 24.3 Å². The lowest BCUT2D eigenvalue weighted by atomic mass is 10.2. The van der Waals surface area contributed by atoms with Crippen molar-refractivity contribution in [1.82, 2.24) is 4.72 Å². The Kier molecular flexibility index (Phi) is 5.22. The zero-order valence-corrected chi connectivity index (χ0v) is 12.1. The van der Waals surface area contributed by atoms with Crippen molar-refractivity contribution in [3.05, 3.63) is 28.3 Å². The third kappa shape index (κ3) is 3.89. The van der Waals surface area contributed by atoms with Gasteiger partial charge in [-0.05, 0) is 12.5 Å². The average Bonchev–Trinajstić information content (AvgIpc) is 2.43. The highest BCUT2D eigenvalue weighted by Crippen LogP contribution is 2.28. The molecule has 0 heterocycles. The molecule has 1 atom stereocenters. The van der Waals surface area contributed by atoms with Crippen LogP contribution in [0.15, 0.2) is 23.1 Å². The molecular formula is C11H14N2O7S. The van der Waals surface area contributed by atoms with Gasteiger partial charge in [-0.3, -0.25) is 14.9 Å². The molecule has 0 amide bonds. The fraction of sp³-hybridized carbons (Fsp3) is 0.364. The number of aliphatic carboxylic acids is 1. The van der Waals surface area contributed by atoms with Crippen LogP contribution in [-0.2, 0) is 14.8 Å². The third-order valence-corrected chi connectivity index (χ3v) is 4.14. The predicted octanol–water partition coefficient (Wildman–Crippen LogP) is 0.745. The zero-order chi connectivity index (χ0) is 16.2. The minimum atomic E-state index is -4.28. The quantitative estimate of drug-likeness (QED) is 0.559. The first-order valence-corrected chi connectivity index (χ1v) is 7.28. The Balaban J connectivity index is 3.32. The van der Waals surface area contributed by atoms with Crippen molar-refractivity contribution < 1.29 is 28.0 Å². The summed E-state index contributed by atoms with van der Waals surface area (Å²) >= 11 is 0. The van der Waals surface area contributed by atoms with Gasteiger partial charge in [0.25, 0.3) is 5.69 Å². The summed E-state index contributed by atoms with van der Waals surface area (Å²) in [5, 5.41) is 19.6. The molecule has 9 nitrogen and oxygen atoms in total. The molecule has 0 aliphatic rings. The molecule has 0 saturated heterocycles. The van der Waals surface area contributed by atoms with E-state index < -0.39 is 37.5 Å². The van der Waals surface area contributed by atoms with E-state index in [2.05, 4.69) is 0 Å².